The Kier molecular flexibility index (Phi) is 5.08. The van der Waals surface area contributed by atoms with Crippen LogP contribution in [-0.4, -0.2) is 34.2 Å². The molecule has 6 nitrogen and oxygen atoms in total. The first-order chi connectivity index (χ1) is 8.48. The number of carboxylic acids is 1. The smallest absolute Gasteiger partial charge is 0.329 e. The summed E-state index contributed by atoms with van der Waals surface area (Å²) in [6.07, 6.45) is 0.953. The third-order valence-corrected chi connectivity index (χ3v) is 3.35. The summed E-state index contributed by atoms with van der Waals surface area (Å²) in [5, 5.41) is 16.0. The van der Waals surface area contributed by atoms with Crippen molar-refractivity contribution in [1.82, 2.24) is 15.6 Å². The van der Waals surface area contributed by atoms with Crippen LogP contribution in [0.15, 0.2) is 10.9 Å². The molecule has 0 spiro atoms. The van der Waals surface area contributed by atoms with E-state index in [2.05, 4.69) is 15.6 Å². The number of urea groups is 1. The lowest BCUT2D eigenvalue weighted by molar-refractivity contribution is -0.143. The lowest BCUT2D eigenvalue weighted by Crippen LogP contribution is -2.55. The van der Waals surface area contributed by atoms with Crippen molar-refractivity contribution >= 4 is 23.3 Å². The van der Waals surface area contributed by atoms with Gasteiger partial charge in [-0.3, -0.25) is 0 Å². The van der Waals surface area contributed by atoms with Gasteiger partial charge in [-0.05, 0) is 13.3 Å². The minimum Gasteiger partial charge on any atom is -0.480 e. The number of thiazole rings is 1. The summed E-state index contributed by atoms with van der Waals surface area (Å²) in [4.78, 5) is 26.6. The van der Waals surface area contributed by atoms with E-state index in [1.807, 2.05) is 5.38 Å². The normalized spacial score (nSPS) is 13.7. The van der Waals surface area contributed by atoms with E-state index in [1.54, 1.807) is 12.4 Å². The average Bonchev–Trinajstić information content (AvgIpc) is 2.81. The van der Waals surface area contributed by atoms with Crippen LogP contribution in [0, 0.1) is 0 Å². The number of aliphatic carboxylic acids is 1. The third kappa shape index (κ3) is 3.99. The summed E-state index contributed by atoms with van der Waals surface area (Å²) in [5.41, 5.74) is 1.41. The maximum absolute atomic E-state index is 11.5. The molecule has 0 bridgehead atoms. The molecule has 0 radical (unpaired) electrons. The van der Waals surface area contributed by atoms with E-state index in [-0.39, 0.29) is 0 Å². The maximum atomic E-state index is 11.5. The molecule has 1 rings (SSSR count). The highest BCUT2D eigenvalue weighted by Crippen LogP contribution is 2.08. The van der Waals surface area contributed by atoms with Gasteiger partial charge in [0, 0.05) is 18.3 Å². The highest BCUT2D eigenvalue weighted by molar-refractivity contribution is 7.07. The zero-order valence-electron chi connectivity index (χ0n) is 10.4. The number of hydrogen-bond acceptors (Lipinski definition) is 4. The molecule has 3 N–H and O–H groups in total. The van der Waals surface area contributed by atoms with Gasteiger partial charge in [0.2, 0.25) is 0 Å². The third-order valence-electron chi connectivity index (χ3n) is 2.72. The van der Waals surface area contributed by atoms with Gasteiger partial charge in [-0.2, -0.15) is 0 Å². The van der Waals surface area contributed by atoms with Crippen LogP contribution < -0.4 is 10.6 Å². The molecule has 0 aromatic carbocycles. The van der Waals surface area contributed by atoms with Crippen LogP contribution in [0.2, 0.25) is 0 Å². The highest BCUT2D eigenvalue weighted by Gasteiger charge is 2.32. The first kappa shape index (κ1) is 14.4. The summed E-state index contributed by atoms with van der Waals surface area (Å²) in [7, 11) is 0. The Morgan fingerprint density at radius 2 is 2.28 bits per heavy atom. The second kappa shape index (κ2) is 6.34. The van der Waals surface area contributed by atoms with Gasteiger partial charge in [-0.25, -0.2) is 14.6 Å². The molecule has 1 aromatic heterocycles. The van der Waals surface area contributed by atoms with Crippen LogP contribution in [0.5, 0.6) is 0 Å². The number of hydrogen-bond donors (Lipinski definition) is 3. The van der Waals surface area contributed by atoms with Crippen molar-refractivity contribution in [1.29, 1.82) is 0 Å². The van der Waals surface area contributed by atoms with Crippen LogP contribution >= 0.6 is 11.3 Å². The molecule has 1 aromatic rings. The SMILES string of the molecule is CCC(C)(NC(=O)NCCc1cscn1)C(=O)O. The summed E-state index contributed by atoms with van der Waals surface area (Å²) in [5.74, 6) is -1.04. The zero-order chi connectivity index (χ0) is 13.6. The number of carboxylic acid groups (broad SMARTS) is 1. The second-order valence-corrected chi connectivity index (χ2v) is 4.82. The van der Waals surface area contributed by atoms with E-state index in [4.69, 9.17) is 5.11 Å². The summed E-state index contributed by atoms with van der Waals surface area (Å²) in [6, 6.07) is -0.475. The van der Waals surface area contributed by atoms with Gasteiger partial charge >= 0.3 is 12.0 Å². The highest BCUT2D eigenvalue weighted by atomic mass is 32.1. The van der Waals surface area contributed by atoms with Crippen LogP contribution in [0.4, 0.5) is 4.79 Å². The maximum Gasteiger partial charge on any atom is 0.329 e. The quantitative estimate of drug-likeness (QED) is 0.726. The Morgan fingerprint density at radius 1 is 1.56 bits per heavy atom. The van der Waals surface area contributed by atoms with Gasteiger partial charge in [0.15, 0.2) is 0 Å². The number of amides is 2. The first-order valence-electron chi connectivity index (χ1n) is 5.64. The predicted octanol–water partition coefficient (Wildman–Crippen LogP) is 1.24. The van der Waals surface area contributed by atoms with Crippen LogP contribution in [-0.2, 0) is 11.2 Å². The zero-order valence-corrected chi connectivity index (χ0v) is 11.2. The minimum atomic E-state index is -1.23. The molecule has 18 heavy (non-hydrogen) atoms. The molecule has 1 heterocycles. The van der Waals surface area contributed by atoms with E-state index in [1.165, 1.54) is 18.3 Å². The minimum absolute atomic E-state index is 0.321. The van der Waals surface area contributed by atoms with Crippen molar-refractivity contribution in [3.05, 3.63) is 16.6 Å². The van der Waals surface area contributed by atoms with Gasteiger partial charge in [0.25, 0.3) is 0 Å². The molecule has 0 aliphatic rings. The lowest BCUT2D eigenvalue weighted by Gasteiger charge is -2.24. The molecule has 0 saturated carbocycles. The largest absolute Gasteiger partial charge is 0.480 e. The predicted molar refractivity (Wildman–Crippen MR) is 68.7 cm³/mol. The van der Waals surface area contributed by atoms with E-state index in [0.29, 0.717) is 19.4 Å². The standard InChI is InChI=1S/C11H17N3O3S/c1-3-11(2,9(15)16)14-10(17)12-5-4-8-6-18-7-13-8/h6-7H,3-5H2,1-2H3,(H,15,16)(H2,12,14,17). The number of nitrogens with one attached hydrogen (secondary N) is 2. The Balaban J connectivity index is 2.35. The van der Waals surface area contributed by atoms with E-state index < -0.39 is 17.5 Å². The van der Waals surface area contributed by atoms with Crippen LogP contribution in [0.3, 0.4) is 0 Å². The molecule has 1 unspecified atom stereocenters. The molecule has 7 heteroatoms. The fourth-order valence-corrected chi connectivity index (χ4v) is 1.85. The number of nitrogens with zero attached hydrogens (tertiary/aromatic N) is 1. The van der Waals surface area contributed by atoms with E-state index >= 15 is 0 Å². The van der Waals surface area contributed by atoms with Crippen molar-refractivity contribution in [2.45, 2.75) is 32.2 Å². The van der Waals surface area contributed by atoms with Crippen LogP contribution in [0.25, 0.3) is 0 Å². The van der Waals surface area contributed by atoms with Gasteiger partial charge in [-0.15, -0.1) is 11.3 Å². The fourth-order valence-electron chi connectivity index (χ4n) is 1.25. The fraction of sp³-hybridized carbons (Fsp3) is 0.545. The van der Waals surface area contributed by atoms with Crippen LogP contribution in [0.1, 0.15) is 26.0 Å². The van der Waals surface area contributed by atoms with Crippen molar-refractivity contribution in [2.75, 3.05) is 6.54 Å². The van der Waals surface area contributed by atoms with Crippen molar-refractivity contribution < 1.29 is 14.7 Å². The van der Waals surface area contributed by atoms with Gasteiger partial charge < -0.3 is 15.7 Å². The Labute approximate surface area is 109 Å². The van der Waals surface area contributed by atoms with Crippen molar-refractivity contribution in [3.8, 4) is 0 Å². The number of carbonyl (C=O) groups excluding carboxylic acids is 1. The number of aromatic nitrogens is 1. The van der Waals surface area contributed by atoms with E-state index in [9.17, 15) is 9.59 Å². The molecular weight excluding hydrogens is 254 g/mol. The number of rotatable bonds is 6. The Hall–Kier alpha value is -1.63. The summed E-state index contributed by atoms with van der Waals surface area (Å²) in [6.45, 7) is 3.62. The van der Waals surface area contributed by atoms with Gasteiger partial charge in [0.05, 0.1) is 11.2 Å². The Morgan fingerprint density at radius 3 is 2.78 bits per heavy atom. The molecule has 0 aliphatic carbocycles. The van der Waals surface area contributed by atoms with Crippen molar-refractivity contribution in [2.24, 2.45) is 0 Å². The van der Waals surface area contributed by atoms with Crippen molar-refractivity contribution in [3.63, 3.8) is 0 Å². The first-order valence-corrected chi connectivity index (χ1v) is 6.58. The lowest BCUT2D eigenvalue weighted by atomic mass is 10.00. The molecule has 0 saturated heterocycles. The van der Waals surface area contributed by atoms with Gasteiger partial charge in [-0.1, -0.05) is 6.92 Å². The topological polar surface area (TPSA) is 91.3 Å². The molecular formula is C11H17N3O3S. The summed E-state index contributed by atoms with van der Waals surface area (Å²) < 4.78 is 0. The van der Waals surface area contributed by atoms with E-state index in [0.717, 1.165) is 5.69 Å². The summed E-state index contributed by atoms with van der Waals surface area (Å²) >= 11 is 1.50. The molecule has 1 atom stereocenters. The molecule has 0 aliphatic heterocycles. The van der Waals surface area contributed by atoms with Gasteiger partial charge in [0.1, 0.15) is 5.54 Å². The molecule has 100 valence electrons. The second-order valence-electron chi connectivity index (χ2n) is 4.10. The monoisotopic (exact) mass is 271 g/mol. The molecule has 2 amide bonds. The average molecular weight is 271 g/mol. The molecule has 0 fully saturated rings. The number of carbonyl (C=O) groups is 2. The Bertz CT molecular complexity index is 408.